The van der Waals surface area contributed by atoms with Crippen molar-refractivity contribution in [1.82, 2.24) is 0 Å². The summed E-state index contributed by atoms with van der Waals surface area (Å²) in [5, 5.41) is 0. The molecule has 0 radical (unpaired) electrons. The maximum absolute atomic E-state index is 9.71. The molecule has 0 aliphatic heterocycles. The molecule has 0 aliphatic rings. The summed E-state index contributed by atoms with van der Waals surface area (Å²) >= 11 is 0. The van der Waals surface area contributed by atoms with E-state index < -0.39 is 0 Å². The molecule has 0 bridgehead atoms. The van der Waals surface area contributed by atoms with E-state index in [1.54, 1.807) is 0 Å². The second-order valence-electron chi connectivity index (χ2n) is 2.93. The minimum Gasteiger partial charge on any atom is -0.211 e. The van der Waals surface area contributed by atoms with Gasteiger partial charge in [-0.1, -0.05) is 25.5 Å². The molecular weight excluding hydrogens is 150 g/mol. The Morgan fingerprint density at radius 1 is 1.42 bits per heavy atom. The minimum absolute atomic E-state index is 0.592. The fourth-order valence-electron chi connectivity index (χ4n) is 1.01. The highest BCUT2D eigenvalue weighted by Gasteiger charge is 1.93. The van der Waals surface area contributed by atoms with Gasteiger partial charge < -0.3 is 0 Å². The number of carbonyl (C=O) groups excluding carboxylic acids is 1. The van der Waals surface area contributed by atoms with Crippen LogP contribution in [0.5, 0.6) is 0 Å². The van der Waals surface area contributed by atoms with Crippen LogP contribution in [-0.4, -0.2) is 12.6 Å². The molecule has 2 heteroatoms. The zero-order valence-electron chi connectivity index (χ0n) is 7.81. The number of nitrogens with zero attached hydrogens (tertiary/aromatic N) is 1. The Balaban J connectivity index is 3.25. The molecule has 0 amide bonds. The van der Waals surface area contributed by atoms with Crippen LogP contribution in [0.25, 0.3) is 0 Å². The van der Waals surface area contributed by atoms with Crippen LogP contribution in [0, 0.1) is 0 Å². The Morgan fingerprint density at radius 3 is 2.67 bits per heavy atom. The third-order valence-electron chi connectivity index (χ3n) is 1.75. The van der Waals surface area contributed by atoms with Crippen LogP contribution in [-0.2, 0) is 4.79 Å². The number of hydrogen-bond acceptors (Lipinski definition) is 2. The van der Waals surface area contributed by atoms with E-state index in [2.05, 4.69) is 18.5 Å². The molecule has 0 aromatic rings. The van der Waals surface area contributed by atoms with Crippen molar-refractivity contribution in [1.29, 1.82) is 0 Å². The van der Waals surface area contributed by atoms with Crippen LogP contribution in [0.2, 0.25) is 0 Å². The first-order valence-corrected chi connectivity index (χ1v) is 4.51. The molecule has 0 aliphatic carbocycles. The molecule has 68 valence electrons. The monoisotopic (exact) mass is 167 g/mol. The standard InChI is InChI=1S/C10H17NO/c1-3-4-6-10(2)7-5-8-11-9-12/h2-8H2,1H3. The van der Waals surface area contributed by atoms with Gasteiger partial charge in [0.2, 0.25) is 6.08 Å². The number of isocyanates is 1. The van der Waals surface area contributed by atoms with E-state index in [4.69, 9.17) is 0 Å². The molecule has 0 saturated heterocycles. The highest BCUT2D eigenvalue weighted by Crippen LogP contribution is 2.10. The molecule has 0 N–H and O–H groups in total. The number of hydrogen-bond donors (Lipinski definition) is 0. The molecular formula is C10H17NO. The first kappa shape index (κ1) is 11.1. The van der Waals surface area contributed by atoms with E-state index >= 15 is 0 Å². The quantitative estimate of drug-likeness (QED) is 0.248. The van der Waals surface area contributed by atoms with Crippen molar-refractivity contribution in [2.45, 2.75) is 39.0 Å². The van der Waals surface area contributed by atoms with Crippen molar-refractivity contribution in [2.24, 2.45) is 4.99 Å². The molecule has 0 aromatic heterocycles. The summed E-state index contributed by atoms with van der Waals surface area (Å²) in [6.45, 7) is 6.71. The average Bonchev–Trinajstić information content (AvgIpc) is 2.09. The van der Waals surface area contributed by atoms with Gasteiger partial charge in [0, 0.05) is 0 Å². The van der Waals surface area contributed by atoms with Crippen LogP contribution in [0.4, 0.5) is 0 Å². The molecule has 2 nitrogen and oxygen atoms in total. The highest BCUT2D eigenvalue weighted by atomic mass is 16.1. The molecule has 0 aromatic carbocycles. The molecule has 0 spiro atoms. The van der Waals surface area contributed by atoms with Crippen LogP contribution < -0.4 is 0 Å². The maximum atomic E-state index is 9.71. The Kier molecular flexibility index (Phi) is 7.62. The summed E-state index contributed by atoms with van der Waals surface area (Å²) in [5.74, 6) is 0. The van der Waals surface area contributed by atoms with Crippen LogP contribution in [0.1, 0.15) is 39.0 Å². The summed E-state index contributed by atoms with van der Waals surface area (Å²) in [4.78, 5) is 13.2. The fraction of sp³-hybridized carbons (Fsp3) is 0.700. The van der Waals surface area contributed by atoms with Gasteiger partial charge in [-0.2, -0.15) is 0 Å². The Morgan fingerprint density at radius 2 is 2.08 bits per heavy atom. The summed E-state index contributed by atoms with van der Waals surface area (Å²) in [6.07, 6.45) is 6.99. The van der Waals surface area contributed by atoms with Gasteiger partial charge in [0.25, 0.3) is 0 Å². The number of rotatable bonds is 7. The van der Waals surface area contributed by atoms with Crippen molar-refractivity contribution in [3.05, 3.63) is 12.2 Å². The Hall–Kier alpha value is -0.880. The minimum atomic E-state index is 0.592. The van der Waals surface area contributed by atoms with Gasteiger partial charge in [-0.3, -0.25) is 0 Å². The van der Waals surface area contributed by atoms with Crippen molar-refractivity contribution < 1.29 is 4.79 Å². The van der Waals surface area contributed by atoms with E-state index in [9.17, 15) is 4.79 Å². The van der Waals surface area contributed by atoms with Crippen molar-refractivity contribution in [3.63, 3.8) is 0 Å². The maximum Gasteiger partial charge on any atom is 0.234 e. The zero-order chi connectivity index (χ0) is 9.23. The molecule has 0 saturated carbocycles. The van der Waals surface area contributed by atoms with Crippen LogP contribution in [0.15, 0.2) is 17.1 Å². The first-order valence-electron chi connectivity index (χ1n) is 4.51. The van der Waals surface area contributed by atoms with E-state index in [-0.39, 0.29) is 0 Å². The lowest BCUT2D eigenvalue weighted by Crippen LogP contribution is -1.85. The van der Waals surface area contributed by atoms with E-state index in [1.807, 2.05) is 0 Å². The Labute approximate surface area is 74.4 Å². The summed E-state index contributed by atoms with van der Waals surface area (Å²) < 4.78 is 0. The summed E-state index contributed by atoms with van der Waals surface area (Å²) in [6, 6.07) is 0. The lowest BCUT2D eigenvalue weighted by molar-refractivity contribution is 0.562. The smallest absolute Gasteiger partial charge is 0.211 e. The molecule has 0 atom stereocenters. The lowest BCUT2D eigenvalue weighted by Gasteiger charge is -2.01. The lowest BCUT2D eigenvalue weighted by atomic mass is 10.1. The predicted octanol–water partition coefficient (Wildman–Crippen LogP) is 2.85. The summed E-state index contributed by atoms with van der Waals surface area (Å²) in [5.41, 5.74) is 1.28. The molecule has 0 heterocycles. The third kappa shape index (κ3) is 7.23. The number of unbranched alkanes of at least 4 members (excludes halogenated alkanes) is 1. The van der Waals surface area contributed by atoms with Gasteiger partial charge in [0.15, 0.2) is 0 Å². The normalized spacial score (nSPS) is 9.08. The van der Waals surface area contributed by atoms with Gasteiger partial charge in [-0.05, 0) is 25.7 Å². The molecule has 0 unspecified atom stereocenters. The van der Waals surface area contributed by atoms with Crippen molar-refractivity contribution in [2.75, 3.05) is 6.54 Å². The van der Waals surface area contributed by atoms with Crippen molar-refractivity contribution >= 4 is 6.08 Å². The fourth-order valence-corrected chi connectivity index (χ4v) is 1.01. The second kappa shape index (κ2) is 8.22. The summed E-state index contributed by atoms with van der Waals surface area (Å²) in [7, 11) is 0. The number of aliphatic imine (C=N–C) groups is 1. The van der Waals surface area contributed by atoms with Gasteiger partial charge in [-0.15, -0.1) is 0 Å². The topological polar surface area (TPSA) is 29.4 Å². The Bertz CT molecular complexity index is 169. The SMILES string of the molecule is C=C(CCCC)CCCN=C=O. The van der Waals surface area contributed by atoms with E-state index in [0.717, 1.165) is 19.3 Å². The van der Waals surface area contributed by atoms with Gasteiger partial charge in [-0.25, -0.2) is 9.79 Å². The first-order chi connectivity index (χ1) is 5.81. The van der Waals surface area contributed by atoms with Crippen LogP contribution >= 0.6 is 0 Å². The van der Waals surface area contributed by atoms with E-state index in [0.29, 0.717) is 6.54 Å². The van der Waals surface area contributed by atoms with Gasteiger partial charge in [0.05, 0.1) is 6.54 Å². The second-order valence-corrected chi connectivity index (χ2v) is 2.93. The predicted molar refractivity (Wildman–Crippen MR) is 50.9 cm³/mol. The zero-order valence-corrected chi connectivity index (χ0v) is 7.81. The third-order valence-corrected chi connectivity index (χ3v) is 1.75. The molecule has 0 rings (SSSR count). The van der Waals surface area contributed by atoms with Crippen molar-refractivity contribution in [3.8, 4) is 0 Å². The van der Waals surface area contributed by atoms with Gasteiger partial charge in [0.1, 0.15) is 0 Å². The van der Waals surface area contributed by atoms with Crippen LogP contribution in [0.3, 0.4) is 0 Å². The largest absolute Gasteiger partial charge is 0.234 e. The molecule has 0 fully saturated rings. The molecule has 12 heavy (non-hydrogen) atoms. The van der Waals surface area contributed by atoms with Gasteiger partial charge >= 0.3 is 0 Å². The van der Waals surface area contributed by atoms with E-state index in [1.165, 1.54) is 24.5 Å². The average molecular weight is 167 g/mol. The number of allylic oxidation sites excluding steroid dienone is 1. The highest BCUT2D eigenvalue weighted by molar-refractivity contribution is 5.32.